The molecule has 1 unspecified atom stereocenters. The Morgan fingerprint density at radius 2 is 2.06 bits per heavy atom. The number of sulfonamides is 1. The topological polar surface area (TPSA) is 46.6 Å². The first kappa shape index (κ1) is 13.8. The van der Waals surface area contributed by atoms with Crippen molar-refractivity contribution in [1.82, 2.24) is 4.31 Å². The van der Waals surface area contributed by atoms with E-state index in [1.54, 1.807) is 24.3 Å². The Labute approximate surface area is 113 Å². The predicted molar refractivity (Wildman–Crippen MR) is 71.1 cm³/mol. The average Bonchev–Trinajstić information content (AvgIpc) is 2.32. The van der Waals surface area contributed by atoms with E-state index in [1.807, 2.05) is 6.92 Å². The van der Waals surface area contributed by atoms with Crippen molar-refractivity contribution in [2.24, 2.45) is 0 Å². The predicted octanol–water partition coefficient (Wildman–Crippen LogP) is 1.89. The molecule has 0 radical (unpaired) electrons. The second kappa shape index (κ2) is 5.57. The molecule has 4 nitrogen and oxygen atoms in total. The first-order valence-corrected chi connectivity index (χ1v) is 7.80. The molecule has 1 saturated heterocycles. The summed E-state index contributed by atoms with van der Waals surface area (Å²) in [4.78, 5) is 0. The lowest BCUT2D eigenvalue weighted by atomic mass is 10.2. The molecule has 1 heterocycles. The van der Waals surface area contributed by atoms with Crippen LogP contribution in [0.5, 0.6) is 0 Å². The van der Waals surface area contributed by atoms with Crippen molar-refractivity contribution in [2.75, 3.05) is 19.7 Å². The molecule has 1 fully saturated rings. The van der Waals surface area contributed by atoms with Gasteiger partial charge in [0.2, 0.25) is 10.0 Å². The number of morpholine rings is 1. The lowest BCUT2D eigenvalue weighted by molar-refractivity contribution is 0.0101. The Hall–Kier alpha value is -0.620. The summed E-state index contributed by atoms with van der Waals surface area (Å²) in [5.74, 6) is 0.0108. The molecule has 100 valence electrons. The number of hydrogen-bond acceptors (Lipinski definition) is 3. The quantitative estimate of drug-likeness (QED) is 0.854. The summed E-state index contributed by atoms with van der Waals surface area (Å²) in [5.41, 5.74) is 0.749. The van der Waals surface area contributed by atoms with E-state index in [1.165, 1.54) is 4.31 Å². The molecule has 0 aromatic heterocycles. The van der Waals surface area contributed by atoms with Crippen molar-refractivity contribution in [3.05, 3.63) is 34.9 Å². The monoisotopic (exact) mass is 289 g/mol. The van der Waals surface area contributed by atoms with Gasteiger partial charge in [-0.2, -0.15) is 4.31 Å². The molecule has 0 spiro atoms. The highest BCUT2D eigenvalue weighted by Crippen LogP contribution is 2.16. The molecule has 0 saturated carbocycles. The number of halogens is 1. The van der Waals surface area contributed by atoms with Gasteiger partial charge in [-0.05, 0) is 24.6 Å². The standard InChI is InChI=1S/C12H16ClNO3S/c1-10-8-14(6-7-17-10)18(15,16)9-11-2-4-12(13)5-3-11/h2-5,10H,6-9H2,1H3. The van der Waals surface area contributed by atoms with Crippen LogP contribution < -0.4 is 0 Å². The van der Waals surface area contributed by atoms with Gasteiger partial charge in [0.1, 0.15) is 0 Å². The maximum Gasteiger partial charge on any atom is 0.218 e. The molecular formula is C12H16ClNO3S. The Kier molecular flexibility index (Phi) is 4.27. The van der Waals surface area contributed by atoms with Crippen LogP contribution in [-0.2, 0) is 20.5 Å². The molecule has 1 aliphatic rings. The number of rotatable bonds is 3. The highest BCUT2D eigenvalue weighted by molar-refractivity contribution is 7.88. The van der Waals surface area contributed by atoms with Gasteiger partial charge >= 0.3 is 0 Å². The minimum absolute atomic E-state index is 0.0108. The van der Waals surface area contributed by atoms with E-state index in [2.05, 4.69) is 0 Å². The second-order valence-electron chi connectivity index (χ2n) is 4.42. The summed E-state index contributed by atoms with van der Waals surface area (Å²) in [5, 5.41) is 0.608. The van der Waals surface area contributed by atoms with Crippen molar-refractivity contribution in [3.63, 3.8) is 0 Å². The summed E-state index contributed by atoms with van der Waals surface area (Å²) in [6, 6.07) is 6.89. The van der Waals surface area contributed by atoms with E-state index in [-0.39, 0.29) is 11.9 Å². The molecule has 0 N–H and O–H groups in total. The molecular weight excluding hydrogens is 274 g/mol. The molecule has 1 aromatic carbocycles. The van der Waals surface area contributed by atoms with E-state index in [4.69, 9.17) is 16.3 Å². The molecule has 18 heavy (non-hydrogen) atoms. The molecule has 0 amide bonds. The van der Waals surface area contributed by atoms with Gasteiger partial charge in [0.15, 0.2) is 0 Å². The van der Waals surface area contributed by atoms with Gasteiger partial charge in [0, 0.05) is 18.1 Å². The second-order valence-corrected chi connectivity index (χ2v) is 6.83. The fourth-order valence-electron chi connectivity index (χ4n) is 1.92. The largest absolute Gasteiger partial charge is 0.376 e. The van der Waals surface area contributed by atoms with Crippen LogP contribution in [0.4, 0.5) is 0 Å². The molecule has 1 aromatic rings. The molecule has 2 rings (SSSR count). The summed E-state index contributed by atoms with van der Waals surface area (Å²) in [6.45, 7) is 3.20. The van der Waals surface area contributed by atoms with Crippen LogP contribution >= 0.6 is 11.6 Å². The first-order chi connectivity index (χ1) is 8.47. The van der Waals surface area contributed by atoms with Gasteiger partial charge in [-0.25, -0.2) is 8.42 Å². The summed E-state index contributed by atoms with van der Waals surface area (Å²) in [7, 11) is -3.27. The lowest BCUT2D eigenvalue weighted by Crippen LogP contribution is -2.44. The highest BCUT2D eigenvalue weighted by atomic mass is 35.5. The molecule has 1 aliphatic heterocycles. The zero-order chi connectivity index (χ0) is 13.2. The maximum atomic E-state index is 12.2. The van der Waals surface area contributed by atoms with E-state index < -0.39 is 10.0 Å². The van der Waals surface area contributed by atoms with Crippen molar-refractivity contribution in [2.45, 2.75) is 18.8 Å². The van der Waals surface area contributed by atoms with Crippen molar-refractivity contribution in [3.8, 4) is 0 Å². The Bertz CT molecular complexity index is 501. The third kappa shape index (κ3) is 3.45. The van der Waals surface area contributed by atoms with E-state index in [0.717, 1.165) is 5.56 Å². The first-order valence-electron chi connectivity index (χ1n) is 5.81. The van der Waals surface area contributed by atoms with Crippen LogP contribution in [0, 0.1) is 0 Å². The zero-order valence-electron chi connectivity index (χ0n) is 10.2. The SMILES string of the molecule is CC1CN(S(=O)(=O)Cc2ccc(Cl)cc2)CCO1. The van der Waals surface area contributed by atoms with Gasteiger partial charge < -0.3 is 4.74 Å². The van der Waals surface area contributed by atoms with E-state index >= 15 is 0 Å². The highest BCUT2D eigenvalue weighted by Gasteiger charge is 2.27. The van der Waals surface area contributed by atoms with Gasteiger partial charge in [-0.3, -0.25) is 0 Å². The normalized spacial score (nSPS) is 22.0. The Morgan fingerprint density at radius 3 is 2.67 bits per heavy atom. The Balaban J connectivity index is 2.09. The van der Waals surface area contributed by atoms with Gasteiger partial charge in [-0.1, -0.05) is 23.7 Å². The minimum Gasteiger partial charge on any atom is -0.376 e. The number of nitrogens with zero attached hydrogens (tertiary/aromatic N) is 1. The van der Waals surface area contributed by atoms with Gasteiger partial charge in [0.25, 0.3) is 0 Å². The van der Waals surface area contributed by atoms with Crippen molar-refractivity contribution < 1.29 is 13.2 Å². The van der Waals surface area contributed by atoms with Crippen LogP contribution in [0.3, 0.4) is 0 Å². The van der Waals surface area contributed by atoms with Crippen LogP contribution in [-0.4, -0.2) is 38.5 Å². The number of hydrogen-bond donors (Lipinski definition) is 0. The van der Waals surface area contributed by atoms with Crippen LogP contribution in [0.25, 0.3) is 0 Å². The van der Waals surface area contributed by atoms with Crippen LogP contribution in [0.1, 0.15) is 12.5 Å². The maximum absolute atomic E-state index is 12.2. The summed E-state index contributed by atoms with van der Waals surface area (Å²) < 4.78 is 31.3. The summed E-state index contributed by atoms with van der Waals surface area (Å²) >= 11 is 5.77. The lowest BCUT2D eigenvalue weighted by Gasteiger charge is -2.30. The van der Waals surface area contributed by atoms with Crippen LogP contribution in [0.15, 0.2) is 24.3 Å². The number of benzene rings is 1. The summed E-state index contributed by atoms with van der Waals surface area (Å²) in [6.07, 6.45) is -0.0428. The zero-order valence-corrected chi connectivity index (χ0v) is 11.7. The fourth-order valence-corrected chi connectivity index (χ4v) is 3.63. The van der Waals surface area contributed by atoms with Crippen molar-refractivity contribution >= 4 is 21.6 Å². The molecule has 1 atom stereocenters. The molecule has 0 bridgehead atoms. The third-order valence-electron chi connectivity index (χ3n) is 2.86. The average molecular weight is 290 g/mol. The molecule has 0 aliphatic carbocycles. The van der Waals surface area contributed by atoms with E-state index in [9.17, 15) is 8.42 Å². The van der Waals surface area contributed by atoms with Crippen LogP contribution in [0.2, 0.25) is 5.02 Å². The fraction of sp³-hybridized carbons (Fsp3) is 0.500. The molecule has 6 heteroatoms. The smallest absolute Gasteiger partial charge is 0.218 e. The third-order valence-corrected chi connectivity index (χ3v) is 4.93. The number of ether oxygens (including phenoxy) is 1. The van der Waals surface area contributed by atoms with Gasteiger partial charge in [-0.15, -0.1) is 0 Å². The minimum atomic E-state index is -3.27. The van der Waals surface area contributed by atoms with Gasteiger partial charge in [0.05, 0.1) is 18.5 Å². The van der Waals surface area contributed by atoms with E-state index in [0.29, 0.717) is 24.7 Å². The van der Waals surface area contributed by atoms with Crippen molar-refractivity contribution in [1.29, 1.82) is 0 Å². The Morgan fingerprint density at radius 1 is 1.39 bits per heavy atom.